The van der Waals surface area contributed by atoms with Crippen LogP contribution in [0, 0.1) is 0 Å². The van der Waals surface area contributed by atoms with E-state index in [4.69, 9.17) is 18.9 Å². The molecule has 0 saturated carbocycles. The number of rotatable bonds is 22. The lowest BCUT2D eigenvalue weighted by molar-refractivity contribution is -0.910. The zero-order valence-electron chi connectivity index (χ0n) is 34.8. The second kappa shape index (κ2) is 21.6. The summed E-state index contributed by atoms with van der Waals surface area (Å²) in [6.45, 7) is 4.77. The number of anilines is 6. The molecule has 0 aliphatic carbocycles. The van der Waals surface area contributed by atoms with Gasteiger partial charge in [0, 0.05) is 55.5 Å². The molecule has 6 aromatic carbocycles. The first-order valence-corrected chi connectivity index (χ1v) is 20.1. The topological polar surface area (TPSA) is 83.9 Å². The van der Waals surface area contributed by atoms with Crippen molar-refractivity contribution in [1.29, 1.82) is 0 Å². The van der Waals surface area contributed by atoms with Crippen molar-refractivity contribution in [2.24, 2.45) is 0 Å². The van der Waals surface area contributed by atoms with Crippen LogP contribution in [0.1, 0.15) is 22.3 Å². The predicted octanol–water partition coefficient (Wildman–Crippen LogP) is 9.68. The van der Waals surface area contributed by atoms with E-state index in [2.05, 4.69) is 155 Å². The number of aliphatic hydroxyl groups is 2. The summed E-state index contributed by atoms with van der Waals surface area (Å²) in [6, 6.07) is 51.4. The Bertz CT molecular complexity index is 2070. The summed E-state index contributed by atoms with van der Waals surface area (Å²) in [7, 11) is 7.18. The highest BCUT2D eigenvalue weighted by molar-refractivity contribution is 5.81. The normalized spacial score (nSPS) is 11.5. The Morgan fingerprint density at radius 1 is 0.390 bits per heavy atom. The van der Waals surface area contributed by atoms with Gasteiger partial charge < -0.3 is 43.4 Å². The van der Waals surface area contributed by atoms with Gasteiger partial charge in [0.25, 0.3) is 0 Å². The highest BCUT2D eigenvalue weighted by Gasteiger charge is 2.20. The molecule has 0 saturated heterocycles. The van der Waals surface area contributed by atoms with E-state index in [1.807, 2.05) is 7.05 Å². The van der Waals surface area contributed by atoms with Crippen molar-refractivity contribution in [2.75, 3.05) is 77.6 Å². The Morgan fingerprint density at radius 3 is 0.932 bits per heavy atom. The summed E-state index contributed by atoms with van der Waals surface area (Å²) < 4.78 is 22.7. The largest absolute Gasteiger partial charge is 0.391 e. The van der Waals surface area contributed by atoms with E-state index in [0.717, 1.165) is 74.0 Å². The van der Waals surface area contributed by atoms with Crippen LogP contribution in [0.15, 0.2) is 146 Å². The van der Waals surface area contributed by atoms with Gasteiger partial charge in [0.2, 0.25) is 0 Å². The Balaban J connectivity index is 1.22. The van der Waals surface area contributed by atoms with Gasteiger partial charge in [0.15, 0.2) is 0 Å². The third-order valence-corrected chi connectivity index (χ3v) is 10.6. The Labute approximate surface area is 349 Å². The van der Waals surface area contributed by atoms with Crippen LogP contribution in [-0.2, 0) is 45.4 Å². The van der Waals surface area contributed by atoms with Crippen LogP contribution in [0.3, 0.4) is 0 Å². The number of ether oxygens (including phenoxy) is 4. The van der Waals surface area contributed by atoms with Crippen molar-refractivity contribution in [3.05, 3.63) is 168 Å². The first-order valence-electron chi connectivity index (χ1n) is 20.1. The highest BCUT2D eigenvalue weighted by Crippen LogP contribution is 2.38. The fraction of sp³-hybridized carbons (Fsp3) is 0.280. The van der Waals surface area contributed by atoms with Crippen LogP contribution in [0.25, 0.3) is 11.1 Å². The van der Waals surface area contributed by atoms with Crippen molar-refractivity contribution >= 4 is 34.1 Å². The molecule has 2 N–H and O–H groups in total. The van der Waals surface area contributed by atoms with Crippen LogP contribution < -0.4 is 9.80 Å². The van der Waals surface area contributed by atoms with Gasteiger partial charge in [-0.25, -0.2) is 0 Å². The zero-order chi connectivity index (χ0) is 41.5. The predicted molar refractivity (Wildman–Crippen MR) is 238 cm³/mol. The van der Waals surface area contributed by atoms with Crippen LogP contribution >= 0.6 is 0 Å². The molecule has 0 unspecified atom stereocenters. The SMILES string of the molecule is COCc1ccc(N(c2ccc(COC)cc2)c2ccc(-c3ccc(N(c4ccc(COC)cc4)c4ccc(COCC[N+](C)(CCO)CCO)cc4)cc3)cc2)cc1. The minimum absolute atomic E-state index is 0.0802. The fourth-order valence-corrected chi connectivity index (χ4v) is 7.26. The molecule has 0 atom stereocenters. The lowest BCUT2D eigenvalue weighted by Gasteiger charge is -2.33. The van der Waals surface area contributed by atoms with E-state index in [0.29, 0.717) is 50.6 Å². The quantitative estimate of drug-likeness (QED) is 0.0520. The van der Waals surface area contributed by atoms with E-state index < -0.39 is 0 Å². The molecular formula is C50H58N3O6+. The number of hydrogen-bond acceptors (Lipinski definition) is 8. The van der Waals surface area contributed by atoms with Crippen molar-refractivity contribution in [3.8, 4) is 11.1 Å². The van der Waals surface area contributed by atoms with Gasteiger partial charge in [-0.1, -0.05) is 72.8 Å². The second-order valence-corrected chi connectivity index (χ2v) is 15.0. The minimum atomic E-state index is 0.0802. The van der Waals surface area contributed by atoms with Gasteiger partial charge in [-0.2, -0.15) is 0 Å². The van der Waals surface area contributed by atoms with Crippen molar-refractivity contribution in [3.63, 3.8) is 0 Å². The first-order chi connectivity index (χ1) is 28.9. The highest BCUT2D eigenvalue weighted by atomic mass is 16.5. The summed E-state index contributed by atoms with van der Waals surface area (Å²) in [4.78, 5) is 4.52. The average Bonchev–Trinajstić information content (AvgIpc) is 3.26. The molecule has 0 radical (unpaired) electrons. The number of quaternary nitrogens is 1. The molecule has 6 aromatic rings. The number of nitrogens with zero attached hydrogens (tertiary/aromatic N) is 3. The summed E-state index contributed by atoms with van der Waals surface area (Å²) in [5, 5.41) is 18.9. The van der Waals surface area contributed by atoms with Crippen LogP contribution in [-0.4, -0.2) is 82.5 Å². The summed E-state index contributed by atoms with van der Waals surface area (Å²) in [5.41, 5.74) is 13.0. The molecule has 0 bridgehead atoms. The Morgan fingerprint density at radius 2 is 0.661 bits per heavy atom. The van der Waals surface area contributed by atoms with Gasteiger partial charge in [-0.05, 0) is 106 Å². The molecule has 0 fully saturated rings. The Kier molecular flexibility index (Phi) is 15.8. The molecule has 0 amide bonds. The van der Waals surface area contributed by atoms with E-state index in [1.165, 1.54) is 0 Å². The molecule has 6 rings (SSSR count). The maximum Gasteiger partial charge on any atom is 0.102 e. The lowest BCUT2D eigenvalue weighted by Crippen LogP contribution is -2.50. The monoisotopic (exact) mass is 796 g/mol. The van der Waals surface area contributed by atoms with E-state index >= 15 is 0 Å². The van der Waals surface area contributed by atoms with Crippen LogP contribution in [0.2, 0.25) is 0 Å². The maximum atomic E-state index is 9.47. The lowest BCUT2D eigenvalue weighted by atomic mass is 10.0. The molecule has 0 spiro atoms. The smallest absolute Gasteiger partial charge is 0.102 e. The van der Waals surface area contributed by atoms with E-state index in [9.17, 15) is 10.2 Å². The van der Waals surface area contributed by atoms with Crippen molar-refractivity contribution in [2.45, 2.75) is 26.4 Å². The molecule has 9 nitrogen and oxygen atoms in total. The Hall–Kier alpha value is -5.36. The average molecular weight is 797 g/mol. The van der Waals surface area contributed by atoms with Gasteiger partial charge in [0.05, 0.1) is 53.3 Å². The molecule has 9 heteroatoms. The summed E-state index contributed by atoms with van der Waals surface area (Å²) in [6.07, 6.45) is 0. The van der Waals surface area contributed by atoms with Gasteiger partial charge >= 0.3 is 0 Å². The summed E-state index contributed by atoms with van der Waals surface area (Å²) >= 11 is 0. The number of hydrogen-bond donors (Lipinski definition) is 2. The van der Waals surface area contributed by atoms with Crippen LogP contribution in [0.5, 0.6) is 0 Å². The molecule has 308 valence electrons. The van der Waals surface area contributed by atoms with E-state index in [1.54, 1.807) is 21.3 Å². The van der Waals surface area contributed by atoms with E-state index in [-0.39, 0.29) is 13.2 Å². The molecule has 0 heterocycles. The zero-order valence-corrected chi connectivity index (χ0v) is 34.8. The first kappa shape index (κ1) is 43.2. The number of benzene rings is 6. The standard InChI is InChI=1S/C50H58N3O6/c1-53(29-32-54,30-33-55)31-34-59-38-42-11-23-48(24-12-42)52(47-21-9-41(10-22-47)37-58-4)50-27-15-44(16-28-50)43-13-25-49(26-14-43)51(45-17-5-39(6-18-45)35-56-2)46-19-7-40(8-20-46)36-57-3/h5-28,54-55H,29-38H2,1-4H3/q+1. The molecule has 59 heavy (non-hydrogen) atoms. The molecular weight excluding hydrogens is 739 g/mol. The minimum Gasteiger partial charge on any atom is -0.391 e. The number of aliphatic hydroxyl groups excluding tert-OH is 2. The third-order valence-electron chi connectivity index (χ3n) is 10.6. The fourth-order valence-electron chi connectivity index (χ4n) is 7.26. The van der Waals surface area contributed by atoms with Gasteiger partial charge in [0.1, 0.15) is 19.6 Å². The molecule has 0 aliphatic heterocycles. The maximum absolute atomic E-state index is 9.47. The second-order valence-electron chi connectivity index (χ2n) is 15.0. The van der Waals surface area contributed by atoms with Gasteiger partial charge in [-0.15, -0.1) is 0 Å². The third kappa shape index (κ3) is 11.7. The molecule has 0 aliphatic rings. The molecule has 0 aromatic heterocycles. The van der Waals surface area contributed by atoms with Gasteiger partial charge in [-0.3, -0.25) is 0 Å². The van der Waals surface area contributed by atoms with Crippen molar-refractivity contribution in [1.82, 2.24) is 0 Å². The van der Waals surface area contributed by atoms with Crippen molar-refractivity contribution < 1.29 is 33.6 Å². The number of likely N-dealkylation sites (N-methyl/N-ethyl adjacent to an activating group) is 1. The number of methoxy groups -OCH3 is 3. The van der Waals surface area contributed by atoms with Crippen LogP contribution in [0.4, 0.5) is 34.1 Å². The summed E-state index contributed by atoms with van der Waals surface area (Å²) in [5.74, 6) is 0.